The van der Waals surface area contributed by atoms with Crippen LogP contribution < -0.4 is 5.32 Å². The lowest BCUT2D eigenvalue weighted by Gasteiger charge is -2.19. The number of aromatic nitrogens is 1. The SMILES string of the molecule is COC(=O)c1cccnc1NC(C)C(=O)N(C)C. The van der Waals surface area contributed by atoms with Crippen LogP contribution in [0.1, 0.15) is 17.3 Å². The van der Waals surface area contributed by atoms with Gasteiger partial charge in [0.15, 0.2) is 0 Å². The summed E-state index contributed by atoms with van der Waals surface area (Å²) in [5.41, 5.74) is 0.304. The van der Waals surface area contributed by atoms with Crippen molar-refractivity contribution in [1.82, 2.24) is 9.88 Å². The molecule has 0 saturated heterocycles. The summed E-state index contributed by atoms with van der Waals surface area (Å²) in [5, 5.41) is 2.90. The Morgan fingerprint density at radius 3 is 2.67 bits per heavy atom. The molecule has 0 aliphatic heterocycles. The molecular weight excluding hydrogens is 234 g/mol. The predicted octanol–water partition coefficient (Wildman–Crippen LogP) is 0.757. The summed E-state index contributed by atoms with van der Waals surface area (Å²) >= 11 is 0. The van der Waals surface area contributed by atoms with Gasteiger partial charge in [-0.25, -0.2) is 9.78 Å². The first-order valence-electron chi connectivity index (χ1n) is 5.48. The molecule has 18 heavy (non-hydrogen) atoms. The zero-order valence-electron chi connectivity index (χ0n) is 10.9. The van der Waals surface area contributed by atoms with Crippen LogP contribution in [0.15, 0.2) is 18.3 Å². The van der Waals surface area contributed by atoms with E-state index in [2.05, 4.69) is 15.0 Å². The number of carbonyl (C=O) groups excluding carboxylic acids is 2. The lowest BCUT2D eigenvalue weighted by molar-refractivity contribution is -0.129. The van der Waals surface area contributed by atoms with Crippen molar-refractivity contribution in [3.05, 3.63) is 23.9 Å². The van der Waals surface area contributed by atoms with Crippen LogP contribution in [0.25, 0.3) is 0 Å². The average molecular weight is 251 g/mol. The fraction of sp³-hybridized carbons (Fsp3) is 0.417. The zero-order valence-corrected chi connectivity index (χ0v) is 10.9. The highest BCUT2D eigenvalue weighted by atomic mass is 16.5. The van der Waals surface area contributed by atoms with E-state index in [1.54, 1.807) is 39.3 Å². The Kier molecular flexibility index (Phi) is 4.65. The van der Waals surface area contributed by atoms with Crippen molar-refractivity contribution in [2.24, 2.45) is 0 Å². The van der Waals surface area contributed by atoms with Crippen molar-refractivity contribution in [1.29, 1.82) is 0 Å². The van der Waals surface area contributed by atoms with Crippen LogP contribution in [0.5, 0.6) is 0 Å². The number of hydrogen-bond donors (Lipinski definition) is 1. The first kappa shape index (κ1) is 14.0. The first-order chi connectivity index (χ1) is 8.47. The Bertz CT molecular complexity index is 446. The topological polar surface area (TPSA) is 71.5 Å². The van der Waals surface area contributed by atoms with E-state index in [-0.39, 0.29) is 5.91 Å². The standard InChI is InChI=1S/C12H17N3O3/c1-8(11(16)15(2)3)14-10-9(12(17)18-4)6-5-7-13-10/h5-8H,1-4H3,(H,13,14). The molecule has 1 rings (SSSR count). The summed E-state index contributed by atoms with van der Waals surface area (Å²) in [7, 11) is 4.63. The van der Waals surface area contributed by atoms with E-state index < -0.39 is 12.0 Å². The predicted molar refractivity (Wildman–Crippen MR) is 67.4 cm³/mol. The molecule has 0 aliphatic rings. The quantitative estimate of drug-likeness (QED) is 0.800. The molecule has 0 bridgehead atoms. The Morgan fingerprint density at radius 2 is 2.11 bits per heavy atom. The normalized spacial score (nSPS) is 11.6. The second-order valence-electron chi connectivity index (χ2n) is 3.99. The number of rotatable bonds is 4. The van der Waals surface area contributed by atoms with Gasteiger partial charge in [0.25, 0.3) is 0 Å². The summed E-state index contributed by atoms with van der Waals surface area (Å²) < 4.78 is 4.65. The first-order valence-corrected chi connectivity index (χ1v) is 5.48. The lowest BCUT2D eigenvalue weighted by atomic mass is 10.2. The number of hydrogen-bond acceptors (Lipinski definition) is 5. The maximum atomic E-state index is 11.7. The molecule has 0 aromatic carbocycles. The fourth-order valence-corrected chi connectivity index (χ4v) is 1.45. The molecule has 0 spiro atoms. The average Bonchev–Trinajstić information content (AvgIpc) is 2.37. The van der Waals surface area contributed by atoms with Crippen LogP contribution in [0, 0.1) is 0 Å². The third-order valence-electron chi connectivity index (χ3n) is 2.38. The van der Waals surface area contributed by atoms with Gasteiger partial charge in [0.05, 0.1) is 7.11 Å². The van der Waals surface area contributed by atoms with Crippen LogP contribution >= 0.6 is 0 Å². The largest absolute Gasteiger partial charge is 0.465 e. The molecule has 1 N–H and O–H groups in total. The van der Waals surface area contributed by atoms with Crippen molar-refractivity contribution < 1.29 is 14.3 Å². The maximum absolute atomic E-state index is 11.7. The second-order valence-corrected chi connectivity index (χ2v) is 3.99. The van der Waals surface area contributed by atoms with Gasteiger partial charge in [-0.2, -0.15) is 0 Å². The van der Waals surface area contributed by atoms with Gasteiger partial charge < -0.3 is 15.0 Å². The smallest absolute Gasteiger partial charge is 0.341 e. The summed E-state index contributed by atoms with van der Waals surface area (Å²) in [5.74, 6) is -0.251. The minimum Gasteiger partial charge on any atom is -0.465 e. The van der Waals surface area contributed by atoms with E-state index >= 15 is 0 Å². The van der Waals surface area contributed by atoms with Crippen molar-refractivity contribution in [2.45, 2.75) is 13.0 Å². The Hall–Kier alpha value is -2.11. The van der Waals surface area contributed by atoms with Gasteiger partial charge in [-0.05, 0) is 19.1 Å². The van der Waals surface area contributed by atoms with Gasteiger partial charge in [-0.15, -0.1) is 0 Å². The van der Waals surface area contributed by atoms with E-state index in [9.17, 15) is 9.59 Å². The number of esters is 1. The maximum Gasteiger partial charge on any atom is 0.341 e. The number of nitrogens with one attached hydrogen (secondary N) is 1. The van der Waals surface area contributed by atoms with Gasteiger partial charge >= 0.3 is 5.97 Å². The second kappa shape index (κ2) is 6.00. The van der Waals surface area contributed by atoms with Crippen LogP contribution in [0.4, 0.5) is 5.82 Å². The van der Waals surface area contributed by atoms with E-state index in [0.29, 0.717) is 11.4 Å². The molecule has 1 aromatic heterocycles. The van der Waals surface area contributed by atoms with E-state index in [1.165, 1.54) is 12.0 Å². The van der Waals surface area contributed by atoms with Gasteiger partial charge in [0.2, 0.25) is 5.91 Å². The molecule has 6 nitrogen and oxygen atoms in total. The molecule has 1 atom stereocenters. The lowest BCUT2D eigenvalue weighted by Crippen LogP contribution is -2.37. The van der Waals surface area contributed by atoms with Gasteiger partial charge in [0, 0.05) is 20.3 Å². The molecule has 0 aliphatic carbocycles. The van der Waals surface area contributed by atoms with Crippen LogP contribution in [-0.2, 0) is 9.53 Å². The van der Waals surface area contributed by atoms with Crippen molar-refractivity contribution in [3.8, 4) is 0 Å². The minimum absolute atomic E-state index is 0.100. The number of ether oxygens (including phenoxy) is 1. The van der Waals surface area contributed by atoms with Crippen LogP contribution in [0.2, 0.25) is 0 Å². The number of methoxy groups -OCH3 is 1. The summed E-state index contributed by atoms with van der Waals surface area (Å²) in [6, 6.07) is 2.75. The number of carbonyl (C=O) groups is 2. The molecule has 1 heterocycles. The highest BCUT2D eigenvalue weighted by Gasteiger charge is 2.19. The van der Waals surface area contributed by atoms with Crippen molar-refractivity contribution in [2.75, 3.05) is 26.5 Å². The Balaban J connectivity index is 2.91. The number of pyridine rings is 1. The monoisotopic (exact) mass is 251 g/mol. The fourth-order valence-electron chi connectivity index (χ4n) is 1.45. The molecule has 1 amide bonds. The molecule has 0 radical (unpaired) electrons. The molecule has 0 saturated carbocycles. The number of anilines is 1. The third kappa shape index (κ3) is 3.19. The van der Waals surface area contributed by atoms with Gasteiger partial charge in [0.1, 0.15) is 17.4 Å². The third-order valence-corrected chi connectivity index (χ3v) is 2.38. The van der Waals surface area contributed by atoms with Crippen LogP contribution in [-0.4, -0.2) is 49.0 Å². The molecule has 0 fully saturated rings. The summed E-state index contributed by atoms with van der Waals surface area (Å²) in [6.07, 6.45) is 1.54. The Labute approximate surface area is 106 Å². The molecule has 6 heteroatoms. The van der Waals surface area contributed by atoms with Crippen LogP contribution in [0.3, 0.4) is 0 Å². The van der Waals surface area contributed by atoms with E-state index in [0.717, 1.165) is 0 Å². The number of amides is 1. The summed E-state index contributed by atoms with van der Waals surface area (Å²) in [4.78, 5) is 28.8. The number of likely N-dealkylation sites (N-methyl/N-ethyl adjacent to an activating group) is 1. The Morgan fingerprint density at radius 1 is 1.44 bits per heavy atom. The van der Waals surface area contributed by atoms with E-state index in [1.807, 2.05) is 0 Å². The van der Waals surface area contributed by atoms with Crippen molar-refractivity contribution >= 4 is 17.7 Å². The molecule has 1 unspecified atom stereocenters. The van der Waals surface area contributed by atoms with Gasteiger partial charge in [-0.3, -0.25) is 4.79 Å². The minimum atomic E-state index is -0.491. The summed E-state index contributed by atoms with van der Waals surface area (Å²) in [6.45, 7) is 1.71. The molecule has 1 aromatic rings. The zero-order chi connectivity index (χ0) is 13.7. The van der Waals surface area contributed by atoms with Gasteiger partial charge in [-0.1, -0.05) is 0 Å². The highest BCUT2D eigenvalue weighted by molar-refractivity contribution is 5.95. The molecule has 98 valence electrons. The number of nitrogens with zero attached hydrogens (tertiary/aromatic N) is 2. The van der Waals surface area contributed by atoms with E-state index in [4.69, 9.17) is 0 Å². The molecular formula is C12H17N3O3. The highest BCUT2D eigenvalue weighted by Crippen LogP contribution is 2.14. The van der Waals surface area contributed by atoms with Crippen molar-refractivity contribution in [3.63, 3.8) is 0 Å².